The SMILES string of the molecule is CC(CCNc1c(Cl)cc([N+](=O)[O-])cc1Cl)S(C)=O. The van der Waals surface area contributed by atoms with Crippen LogP contribution in [-0.2, 0) is 10.8 Å². The maximum atomic E-state index is 11.2. The summed E-state index contributed by atoms with van der Waals surface area (Å²) >= 11 is 11.9. The van der Waals surface area contributed by atoms with Gasteiger partial charge in [-0.3, -0.25) is 14.3 Å². The molecule has 5 nitrogen and oxygen atoms in total. The number of nitro groups is 1. The number of nitrogens with one attached hydrogen (secondary N) is 1. The molecule has 0 heterocycles. The molecule has 1 aromatic carbocycles. The number of non-ortho nitro benzene ring substituents is 1. The van der Waals surface area contributed by atoms with Gasteiger partial charge in [-0.25, -0.2) is 0 Å². The average molecular weight is 325 g/mol. The summed E-state index contributed by atoms with van der Waals surface area (Å²) in [7, 11) is -0.884. The fraction of sp³-hybridized carbons (Fsp3) is 0.455. The van der Waals surface area contributed by atoms with Crippen molar-refractivity contribution in [1.29, 1.82) is 0 Å². The summed E-state index contributed by atoms with van der Waals surface area (Å²) in [5.41, 5.74) is 0.312. The van der Waals surface area contributed by atoms with Crippen LogP contribution in [0.5, 0.6) is 0 Å². The third-order valence-electron chi connectivity index (χ3n) is 2.66. The van der Waals surface area contributed by atoms with Gasteiger partial charge in [0, 0.05) is 41.0 Å². The zero-order valence-electron chi connectivity index (χ0n) is 10.5. The lowest BCUT2D eigenvalue weighted by molar-refractivity contribution is -0.384. The molecule has 0 aliphatic carbocycles. The van der Waals surface area contributed by atoms with Gasteiger partial charge in [0.15, 0.2) is 0 Å². The van der Waals surface area contributed by atoms with Crippen LogP contribution in [0.2, 0.25) is 10.0 Å². The second-order valence-corrected chi connectivity index (χ2v) is 6.68. The molecule has 0 spiro atoms. The summed E-state index contributed by atoms with van der Waals surface area (Å²) in [6, 6.07) is 2.49. The molecule has 19 heavy (non-hydrogen) atoms. The van der Waals surface area contributed by atoms with Crippen LogP contribution >= 0.6 is 23.2 Å². The topological polar surface area (TPSA) is 72.2 Å². The molecular weight excluding hydrogens is 311 g/mol. The Morgan fingerprint density at radius 3 is 2.37 bits per heavy atom. The van der Waals surface area contributed by atoms with Gasteiger partial charge in [0.25, 0.3) is 5.69 Å². The van der Waals surface area contributed by atoms with E-state index in [1.54, 1.807) is 6.26 Å². The summed E-state index contributed by atoms with van der Waals surface area (Å²) in [5, 5.41) is 14.1. The first-order valence-corrected chi connectivity index (χ1v) is 7.90. The van der Waals surface area contributed by atoms with Crippen LogP contribution in [0.4, 0.5) is 11.4 Å². The molecule has 0 saturated carbocycles. The van der Waals surface area contributed by atoms with Crippen molar-refractivity contribution in [3.8, 4) is 0 Å². The lowest BCUT2D eigenvalue weighted by Crippen LogP contribution is -2.15. The minimum Gasteiger partial charge on any atom is -0.383 e. The molecule has 0 bridgehead atoms. The van der Waals surface area contributed by atoms with Gasteiger partial charge in [0.1, 0.15) is 0 Å². The number of hydrogen-bond donors (Lipinski definition) is 1. The monoisotopic (exact) mass is 324 g/mol. The zero-order valence-corrected chi connectivity index (χ0v) is 12.8. The molecule has 8 heteroatoms. The zero-order chi connectivity index (χ0) is 14.6. The Balaban J connectivity index is 2.74. The van der Waals surface area contributed by atoms with Crippen LogP contribution in [0.25, 0.3) is 0 Å². The second kappa shape index (κ2) is 7.07. The highest BCUT2D eigenvalue weighted by Crippen LogP contribution is 2.34. The highest BCUT2D eigenvalue weighted by atomic mass is 35.5. The molecule has 1 aromatic rings. The number of benzene rings is 1. The van der Waals surface area contributed by atoms with Gasteiger partial charge in [0.2, 0.25) is 0 Å². The quantitative estimate of drug-likeness (QED) is 0.642. The molecule has 2 unspecified atom stereocenters. The Hall–Kier alpha value is -0.850. The molecule has 1 rings (SSSR count). The molecule has 0 fully saturated rings. The summed E-state index contributed by atoms with van der Waals surface area (Å²) < 4.78 is 11.2. The maximum absolute atomic E-state index is 11.2. The van der Waals surface area contributed by atoms with Crippen molar-refractivity contribution in [2.24, 2.45) is 0 Å². The van der Waals surface area contributed by atoms with E-state index in [9.17, 15) is 14.3 Å². The van der Waals surface area contributed by atoms with Crippen molar-refractivity contribution in [1.82, 2.24) is 0 Å². The summed E-state index contributed by atoms with van der Waals surface area (Å²) in [4.78, 5) is 10.1. The number of nitrogens with zero attached hydrogens (tertiary/aromatic N) is 1. The van der Waals surface area contributed by atoms with Crippen molar-refractivity contribution in [2.45, 2.75) is 18.6 Å². The van der Waals surface area contributed by atoms with Gasteiger partial charge in [-0.15, -0.1) is 0 Å². The van der Waals surface area contributed by atoms with Crippen LogP contribution in [-0.4, -0.2) is 27.2 Å². The van der Waals surface area contributed by atoms with Gasteiger partial charge < -0.3 is 5.32 Å². The Labute approximate surface area is 123 Å². The molecule has 106 valence electrons. The maximum Gasteiger partial charge on any atom is 0.272 e. The van der Waals surface area contributed by atoms with Crippen LogP contribution in [0.15, 0.2) is 12.1 Å². The summed E-state index contributed by atoms with van der Waals surface area (Å²) in [6.07, 6.45) is 2.34. The predicted octanol–water partition coefficient (Wildman–Crippen LogP) is 3.47. The first-order chi connectivity index (χ1) is 8.82. The van der Waals surface area contributed by atoms with E-state index in [-0.39, 0.29) is 21.0 Å². The molecule has 1 N–H and O–H groups in total. The van der Waals surface area contributed by atoms with E-state index in [4.69, 9.17) is 23.2 Å². The van der Waals surface area contributed by atoms with E-state index >= 15 is 0 Å². The number of nitro benzene ring substituents is 1. The van der Waals surface area contributed by atoms with E-state index in [0.717, 1.165) is 0 Å². The van der Waals surface area contributed by atoms with E-state index in [2.05, 4.69) is 5.32 Å². The summed E-state index contributed by atoms with van der Waals surface area (Å²) in [5.74, 6) is 0. The van der Waals surface area contributed by atoms with Crippen molar-refractivity contribution in [3.05, 3.63) is 32.3 Å². The lowest BCUT2D eigenvalue weighted by atomic mass is 10.2. The molecule has 0 amide bonds. The van der Waals surface area contributed by atoms with Crippen LogP contribution < -0.4 is 5.32 Å². The molecule has 2 atom stereocenters. The number of anilines is 1. The van der Waals surface area contributed by atoms with Crippen LogP contribution in [0.1, 0.15) is 13.3 Å². The Morgan fingerprint density at radius 1 is 1.42 bits per heavy atom. The molecule has 0 aromatic heterocycles. The third kappa shape index (κ3) is 4.63. The lowest BCUT2D eigenvalue weighted by Gasteiger charge is -2.12. The fourth-order valence-electron chi connectivity index (χ4n) is 1.40. The van der Waals surface area contributed by atoms with Crippen molar-refractivity contribution >= 4 is 45.4 Å². The van der Waals surface area contributed by atoms with E-state index in [1.165, 1.54) is 12.1 Å². The highest BCUT2D eigenvalue weighted by molar-refractivity contribution is 7.84. The van der Waals surface area contributed by atoms with Crippen molar-refractivity contribution in [2.75, 3.05) is 18.1 Å². The van der Waals surface area contributed by atoms with Gasteiger partial charge in [-0.2, -0.15) is 0 Å². The molecule has 0 aliphatic heterocycles. The molecule has 0 radical (unpaired) electrons. The van der Waals surface area contributed by atoms with E-state index in [1.807, 2.05) is 6.92 Å². The smallest absolute Gasteiger partial charge is 0.272 e. The van der Waals surface area contributed by atoms with Gasteiger partial charge in [-0.05, 0) is 6.42 Å². The number of rotatable bonds is 6. The summed E-state index contributed by atoms with van der Waals surface area (Å²) in [6.45, 7) is 2.43. The first kappa shape index (κ1) is 16.2. The number of halogens is 2. The molecule has 0 saturated heterocycles. The first-order valence-electron chi connectivity index (χ1n) is 5.52. The van der Waals surface area contributed by atoms with Gasteiger partial charge >= 0.3 is 0 Å². The van der Waals surface area contributed by atoms with Crippen LogP contribution in [0.3, 0.4) is 0 Å². The third-order valence-corrected chi connectivity index (χ3v) is 4.62. The van der Waals surface area contributed by atoms with E-state index < -0.39 is 15.7 Å². The minimum absolute atomic E-state index is 0.0584. The van der Waals surface area contributed by atoms with Gasteiger partial charge in [-0.1, -0.05) is 30.1 Å². The normalized spacial score (nSPS) is 13.9. The van der Waals surface area contributed by atoms with E-state index in [0.29, 0.717) is 18.7 Å². The predicted molar refractivity (Wildman–Crippen MR) is 79.8 cm³/mol. The second-order valence-electron chi connectivity index (χ2n) is 4.07. The Morgan fingerprint density at radius 2 is 1.95 bits per heavy atom. The average Bonchev–Trinajstić information content (AvgIpc) is 2.31. The minimum atomic E-state index is -0.884. The van der Waals surface area contributed by atoms with Crippen molar-refractivity contribution in [3.63, 3.8) is 0 Å². The molecular formula is C11H14Cl2N2O3S. The highest BCUT2D eigenvalue weighted by Gasteiger charge is 2.14. The standard InChI is InChI=1S/C11H14Cl2N2O3S/c1-7(19(2)18)3-4-14-11-9(12)5-8(15(16)17)6-10(11)13/h5-7,14H,3-4H2,1-2H3. The molecule has 0 aliphatic rings. The van der Waals surface area contributed by atoms with Gasteiger partial charge in [0.05, 0.1) is 20.7 Å². The number of hydrogen-bond acceptors (Lipinski definition) is 4. The van der Waals surface area contributed by atoms with Crippen molar-refractivity contribution < 1.29 is 9.13 Å². The Bertz CT molecular complexity index is 488. The largest absolute Gasteiger partial charge is 0.383 e. The fourth-order valence-corrected chi connectivity index (χ4v) is 2.46. The Kier molecular flexibility index (Phi) is 6.03. The van der Waals surface area contributed by atoms with Crippen LogP contribution in [0, 0.1) is 10.1 Å².